The first-order chi connectivity index (χ1) is 7.14. The Morgan fingerprint density at radius 1 is 1.40 bits per heavy atom. The molecular formula is C12H16FNO. The molecule has 82 valence electrons. The zero-order chi connectivity index (χ0) is 10.9. The molecule has 1 aliphatic carbocycles. The standard InChI is InChI=1S/C12H16FNO/c1-2-15-11-5-3-9(4-6-11)12(13)7-10(14)8-12/h3-6,10H,2,7-8,14H2,1H3. The van der Waals surface area contributed by atoms with Crippen LogP contribution in [0.3, 0.4) is 0 Å². The molecule has 2 N–H and O–H groups in total. The first kappa shape index (κ1) is 10.4. The van der Waals surface area contributed by atoms with E-state index in [9.17, 15) is 4.39 Å². The number of alkyl halides is 1. The van der Waals surface area contributed by atoms with Gasteiger partial charge in [-0.25, -0.2) is 4.39 Å². The zero-order valence-corrected chi connectivity index (χ0v) is 8.87. The molecular weight excluding hydrogens is 193 g/mol. The van der Waals surface area contributed by atoms with Crippen molar-refractivity contribution in [2.45, 2.75) is 31.5 Å². The van der Waals surface area contributed by atoms with E-state index in [2.05, 4.69) is 0 Å². The highest BCUT2D eigenvalue weighted by atomic mass is 19.1. The molecule has 1 aromatic carbocycles. The van der Waals surface area contributed by atoms with Crippen molar-refractivity contribution < 1.29 is 9.13 Å². The maximum Gasteiger partial charge on any atom is 0.139 e. The Morgan fingerprint density at radius 2 is 2.00 bits per heavy atom. The number of nitrogens with two attached hydrogens (primary N) is 1. The third-order valence-electron chi connectivity index (χ3n) is 2.85. The summed E-state index contributed by atoms with van der Waals surface area (Å²) in [6.07, 6.45) is 0.863. The molecule has 15 heavy (non-hydrogen) atoms. The van der Waals surface area contributed by atoms with Crippen LogP contribution in [-0.4, -0.2) is 12.6 Å². The predicted molar refractivity (Wildman–Crippen MR) is 57.6 cm³/mol. The molecule has 2 rings (SSSR count). The van der Waals surface area contributed by atoms with Crippen molar-refractivity contribution in [3.05, 3.63) is 29.8 Å². The Labute approximate surface area is 89.2 Å². The van der Waals surface area contributed by atoms with Gasteiger partial charge in [0, 0.05) is 18.9 Å². The summed E-state index contributed by atoms with van der Waals surface area (Å²) >= 11 is 0. The van der Waals surface area contributed by atoms with E-state index in [-0.39, 0.29) is 6.04 Å². The van der Waals surface area contributed by atoms with Crippen LogP contribution in [0.25, 0.3) is 0 Å². The average Bonchev–Trinajstić information content (AvgIpc) is 2.17. The van der Waals surface area contributed by atoms with Gasteiger partial charge in [-0.2, -0.15) is 0 Å². The van der Waals surface area contributed by atoms with Gasteiger partial charge in [-0.1, -0.05) is 12.1 Å². The minimum Gasteiger partial charge on any atom is -0.494 e. The molecule has 1 aliphatic rings. The second-order valence-corrected chi connectivity index (χ2v) is 4.09. The van der Waals surface area contributed by atoms with E-state index in [4.69, 9.17) is 10.5 Å². The quantitative estimate of drug-likeness (QED) is 0.829. The molecule has 0 amide bonds. The van der Waals surface area contributed by atoms with Gasteiger partial charge in [0.15, 0.2) is 0 Å². The Morgan fingerprint density at radius 3 is 2.47 bits per heavy atom. The molecule has 1 fully saturated rings. The Balaban J connectivity index is 2.10. The van der Waals surface area contributed by atoms with Crippen LogP contribution >= 0.6 is 0 Å². The number of hydrogen-bond acceptors (Lipinski definition) is 2. The van der Waals surface area contributed by atoms with E-state index in [1.807, 2.05) is 19.1 Å². The fourth-order valence-electron chi connectivity index (χ4n) is 2.02. The summed E-state index contributed by atoms with van der Waals surface area (Å²) in [6, 6.07) is 7.21. The van der Waals surface area contributed by atoms with Crippen molar-refractivity contribution in [3.63, 3.8) is 0 Å². The van der Waals surface area contributed by atoms with Gasteiger partial charge < -0.3 is 10.5 Å². The summed E-state index contributed by atoms with van der Waals surface area (Å²) in [4.78, 5) is 0. The zero-order valence-electron chi connectivity index (χ0n) is 8.87. The van der Waals surface area contributed by atoms with E-state index in [0.29, 0.717) is 25.0 Å². The first-order valence-electron chi connectivity index (χ1n) is 5.32. The van der Waals surface area contributed by atoms with Gasteiger partial charge in [0.25, 0.3) is 0 Å². The second-order valence-electron chi connectivity index (χ2n) is 4.09. The fourth-order valence-corrected chi connectivity index (χ4v) is 2.02. The van der Waals surface area contributed by atoms with Crippen molar-refractivity contribution in [3.8, 4) is 5.75 Å². The number of halogens is 1. The Hall–Kier alpha value is -1.09. The van der Waals surface area contributed by atoms with Crippen LogP contribution in [0.4, 0.5) is 4.39 Å². The highest BCUT2D eigenvalue weighted by Crippen LogP contribution is 2.44. The number of rotatable bonds is 3. The highest BCUT2D eigenvalue weighted by Gasteiger charge is 2.44. The van der Waals surface area contributed by atoms with E-state index in [1.54, 1.807) is 12.1 Å². The van der Waals surface area contributed by atoms with Crippen LogP contribution in [0, 0.1) is 0 Å². The normalized spacial score (nSPS) is 29.7. The van der Waals surface area contributed by atoms with Gasteiger partial charge in [0.1, 0.15) is 11.4 Å². The number of ether oxygens (including phenoxy) is 1. The lowest BCUT2D eigenvalue weighted by Crippen LogP contribution is -2.46. The van der Waals surface area contributed by atoms with Crippen LogP contribution in [0.5, 0.6) is 5.75 Å². The molecule has 0 unspecified atom stereocenters. The van der Waals surface area contributed by atoms with Crippen LogP contribution in [0.2, 0.25) is 0 Å². The van der Waals surface area contributed by atoms with Crippen molar-refractivity contribution in [2.24, 2.45) is 5.73 Å². The Kier molecular flexibility index (Phi) is 2.65. The van der Waals surface area contributed by atoms with E-state index in [1.165, 1.54) is 0 Å². The van der Waals surface area contributed by atoms with E-state index in [0.717, 1.165) is 5.75 Å². The maximum absolute atomic E-state index is 14.1. The molecule has 0 bridgehead atoms. The van der Waals surface area contributed by atoms with Crippen LogP contribution in [0.1, 0.15) is 25.3 Å². The lowest BCUT2D eigenvalue weighted by atomic mass is 9.73. The van der Waals surface area contributed by atoms with Crippen molar-refractivity contribution in [2.75, 3.05) is 6.61 Å². The monoisotopic (exact) mass is 209 g/mol. The fraction of sp³-hybridized carbons (Fsp3) is 0.500. The van der Waals surface area contributed by atoms with E-state index >= 15 is 0 Å². The molecule has 1 saturated carbocycles. The summed E-state index contributed by atoms with van der Waals surface area (Å²) in [5, 5.41) is 0. The first-order valence-corrected chi connectivity index (χ1v) is 5.32. The van der Waals surface area contributed by atoms with E-state index < -0.39 is 5.67 Å². The second kappa shape index (κ2) is 3.81. The summed E-state index contributed by atoms with van der Waals surface area (Å²) in [5.74, 6) is 0.786. The molecule has 0 spiro atoms. The summed E-state index contributed by atoms with van der Waals surface area (Å²) in [6.45, 7) is 2.56. The molecule has 1 aromatic rings. The lowest BCUT2D eigenvalue weighted by Gasteiger charge is -2.39. The van der Waals surface area contributed by atoms with Crippen LogP contribution < -0.4 is 10.5 Å². The van der Waals surface area contributed by atoms with Gasteiger partial charge in [-0.15, -0.1) is 0 Å². The molecule has 3 heteroatoms. The Bertz CT molecular complexity index is 330. The molecule has 0 heterocycles. The molecule has 0 radical (unpaired) electrons. The van der Waals surface area contributed by atoms with Gasteiger partial charge >= 0.3 is 0 Å². The minimum absolute atomic E-state index is 0.0153. The van der Waals surface area contributed by atoms with Gasteiger partial charge in [0.2, 0.25) is 0 Å². The summed E-state index contributed by atoms with van der Waals surface area (Å²) < 4.78 is 19.4. The van der Waals surface area contributed by atoms with Crippen molar-refractivity contribution >= 4 is 0 Å². The molecule has 2 nitrogen and oxygen atoms in total. The third kappa shape index (κ3) is 1.97. The summed E-state index contributed by atoms with van der Waals surface area (Å²) in [7, 11) is 0. The predicted octanol–water partition coefficient (Wildman–Crippen LogP) is 2.37. The molecule has 0 saturated heterocycles. The average molecular weight is 209 g/mol. The van der Waals surface area contributed by atoms with Gasteiger partial charge in [-0.3, -0.25) is 0 Å². The smallest absolute Gasteiger partial charge is 0.139 e. The number of hydrogen-bond donors (Lipinski definition) is 1. The SMILES string of the molecule is CCOc1ccc(C2(F)CC(N)C2)cc1. The maximum atomic E-state index is 14.1. The molecule has 0 aromatic heterocycles. The van der Waals surface area contributed by atoms with Gasteiger partial charge in [0.05, 0.1) is 6.61 Å². The van der Waals surface area contributed by atoms with Crippen molar-refractivity contribution in [1.29, 1.82) is 0 Å². The molecule has 0 aliphatic heterocycles. The number of benzene rings is 1. The molecule has 0 atom stereocenters. The third-order valence-corrected chi connectivity index (χ3v) is 2.85. The van der Waals surface area contributed by atoms with Gasteiger partial charge in [-0.05, 0) is 24.6 Å². The topological polar surface area (TPSA) is 35.2 Å². The minimum atomic E-state index is -1.20. The lowest BCUT2D eigenvalue weighted by molar-refractivity contribution is 0.0405. The van der Waals surface area contributed by atoms with Crippen LogP contribution in [-0.2, 0) is 5.67 Å². The van der Waals surface area contributed by atoms with Crippen molar-refractivity contribution in [1.82, 2.24) is 0 Å². The highest BCUT2D eigenvalue weighted by molar-refractivity contribution is 5.32. The van der Waals surface area contributed by atoms with Crippen LogP contribution in [0.15, 0.2) is 24.3 Å². The largest absolute Gasteiger partial charge is 0.494 e. The summed E-state index contributed by atoms with van der Waals surface area (Å²) in [5.41, 5.74) is 5.12.